The first-order chi connectivity index (χ1) is 16.4. The van der Waals surface area contributed by atoms with Crippen molar-refractivity contribution in [3.8, 4) is 11.3 Å². The first kappa shape index (κ1) is 25.7. The molecule has 8 heteroatoms. The molecule has 0 atom stereocenters. The van der Waals surface area contributed by atoms with Crippen LogP contribution in [-0.2, 0) is 26.0 Å². The van der Waals surface area contributed by atoms with Crippen LogP contribution in [0.1, 0.15) is 48.4 Å². The number of carbonyl (C=O) groups excluding carboxylic acids is 2. The second-order valence-electron chi connectivity index (χ2n) is 7.57. The summed E-state index contributed by atoms with van der Waals surface area (Å²) in [7, 11) is 1.83. The summed E-state index contributed by atoms with van der Waals surface area (Å²) in [6.07, 6.45) is -2.12. The van der Waals surface area contributed by atoms with Crippen LogP contribution < -0.4 is 5.43 Å². The first-order valence-electron chi connectivity index (χ1n) is 11.5. The van der Waals surface area contributed by atoms with Crippen LogP contribution in [0.25, 0.3) is 22.2 Å². The van der Waals surface area contributed by atoms with Crippen LogP contribution in [0.3, 0.4) is 0 Å². The lowest BCUT2D eigenvalue weighted by molar-refractivity contribution is -0.107. The van der Waals surface area contributed by atoms with Gasteiger partial charge >= 0.3 is 0 Å². The molecule has 182 valence electrons. The van der Waals surface area contributed by atoms with E-state index in [4.69, 9.17) is 18.9 Å². The van der Waals surface area contributed by atoms with Crippen molar-refractivity contribution < 1.29 is 28.5 Å². The monoisotopic (exact) mass is 469 g/mol. The molecule has 1 aliphatic heterocycles. The minimum absolute atomic E-state index is 0.00117. The van der Waals surface area contributed by atoms with Crippen LogP contribution in [0, 0.1) is 0 Å². The van der Waals surface area contributed by atoms with E-state index >= 15 is 0 Å². The molecule has 0 amide bonds. The predicted molar refractivity (Wildman–Crippen MR) is 129 cm³/mol. The topological polar surface area (TPSA) is 93.1 Å². The van der Waals surface area contributed by atoms with Crippen LogP contribution in [-0.4, -0.2) is 55.1 Å². The number of pyridine rings is 1. The number of benzene rings is 2. The molecule has 1 aliphatic carbocycles. The molecule has 0 bridgehead atoms. The molecule has 8 nitrogen and oxygen atoms in total. The summed E-state index contributed by atoms with van der Waals surface area (Å²) in [5.74, 6) is -0.811. The average molecular weight is 470 g/mol. The molecular formula is C26H31NO7. The summed E-state index contributed by atoms with van der Waals surface area (Å²) in [4.78, 5) is 39.2. The Labute approximate surface area is 198 Å². The number of aryl methyl sites for hydroxylation is 1. The maximum atomic E-state index is 13.3. The molecule has 1 heterocycles. The Morgan fingerprint density at radius 1 is 0.794 bits per heavy atom. The molecule has 1 aromatic rings. The third-order valence-corrected chi connectivity index (χ3v) is 5.47. The number of hydrogen-bond donors (Lipinski definition) is 0. The van der Waals surface area contributed by atoms with Crippen LogP contribution >= 0.6 is 0 Å². The van der Waals surface area contributed by atoms with Gasteiger partial charge in [0.15, 0.2) is 5.43 Å². The van der Waals surface area contributed by atoms with E-state index in [2.05, 4.69) is 0 Å². The van der Waals surface area contributed by atoms with Crippen LogP contribution in [0.2, 0.25) is 0 Å². The number of carbonyl (C=O) groups is 2. The first-order valence-corrected chi connectivity index (χ1v) is 11.5. The summed E-state index contributed by atoms with van der Waals surface area (Å²) >= 11 is 0. The van der Waals surface area contributed by atoms with Gasteiger partial charge in [0.05, 0.1) is 11.3 Å². The quantitative estimate of drug-likeness (QED) is 0.226. The zero-order valence-corrected chi connectivity index (χ0v) is 20.3. The van der Waals surface area contributed by atoms with Gasteiger partial charge in [0.2, 0.25) is 24.1 Å². The standard InChI is InChI=1S/C26H31NO7/c1-6-31-25(32-7-2)22(28)16-10-12-20-17(14-16)15-19-21(27(20)5)13-11-18(23(19)29)24(30)26(33-8-3)34-9-4/h10-15,25-26H,6-9H2,1-5H3. The Balaban J connectivity index is 2.12. The van der Waals surface area contributed by atoms with Gasteiger partial charge in [-0.1, -0.05) is 0 Å². The minimum atomic E-state index is -1.13. The molecule has 0 spiro atoms. The third kappa shape index (κ3) is 5.10. The normalized spacial score (nSPS) is 11.7. The largest absolute Gasteiger partial charge is 0.346 e. The lowest BCUT2D eigenvalue weighted by atomic mass is 9.98. The van der Waals surface area contributed by atoms with Crippen molar-refractivity contribution in [1.29, 1.82) is 0 Å². The predicted octanol–water partition coefficient (Wildman–Crippen LogP) is 3.81. The van der Waals surface area contributed by atoms with E-state index in [1.807, 2.05) is 17.7 Å². The van der Waals surface area contributed by atoms with Gasteiger partial charge in [-0.3, -0.25) is 14.4 Å². The molecule has 0 fully saturated rings. The second kappa shape index (κ2) is 11.5. The lowest BCUT2D eigenvalue weighted by Gasteiger charge is -2.19. The number of aromatic nitrogens is 1. The number of ketones is 2. The molecule has 34 heavy (non-hydrogen) atoms. The smallest absolute Gasteiger partial charge is 0.222 e. The molecule has 0 aromatic heterocycles. The van der Waals surface area contributed by atoms with E-state index in [9.17, 15) is 14.4 Å². The van der Waals surface area contributed by atoms with Crippen molar-refractivity contribution in [3.63, 3.8) is 0 Å². The van der Waals surface area contributed by atoms with E-state index in [1.54, 1.807) is 52.0 Å². The van der Waals surface area contributed by atoms with Crippen LogP contribution in [0.4, 0.5) is 0 Å². The molecule has 1 aromatic carbocycles. The van der Waals surface area contributed by atoms with Crippen molar-refractivity contribution in [2.75, 3.05) is 26.4 Å². The molecular weight excluding hydrogens is 438 g/mol. The van der Waals surface area contributed by atoms with E-state index in [-0.39, 0.29) is 24.6 Å². The van der Waals surface area contributed by atoms with Crippen molar-refractivity contribution >= 4 is 22.5 Å². The van der Waals surface area contributed by atoms with Gasteiger partial charge in [-0.15, -0.1) is 0 Å². The fourth-order valence-electron chi connectivity index (χ4n) is 3.90. The van der Waals surface area contributed by atoms with Crippen molar-refractivity contribution in [2.45, 2.75) is 40.3 Å². The number of rotatable bonds is 12. The number of hydrogen-bond acceptors (Lipinski definition) is 7. The SMILES string of the molecule is CCOC(OCC)C(=O)c1ccc2c(c1)cc1c(=O)c(C(=O)C(OCC)OCC)ccc-1n2C. The molecule has 3 rings (SSSR count). The Kier molecular flexibility index (Phi) is 8.68. The molecule has 0 saturated carbocycles. The highest BCUT2D eigenvalue weighted by Crippen LogP contribution is 2.27. The zero-order valence-electron chi connectivity index (χ0n) is 20.3. The van der Waals surface area contributed by atoms with E-state index in [0.717, 1.165) is 5.52 Å². The molecule has 2 aliphatic rings. The summed E-state index contributed by atoms with van der Waals surface area (Å²) in [5.41, 5.74) is 1.85. The maximum absolute atomic E-state index is 13.3. The molecule has 0 N–H and O–H groups in total. The van der Waals surface area contributed by atoms with Gasteiger partial charge in [0.1, 0.15) is 0 Å². The van der Waals surface area contributed by atoms with Gasteiger partial charge in [0.25, 0.3) is 0 Å². The number of nitrogens with zero attached hydrogens (tertiary/aromatic N) is 1. The van der Waals surface area contributed by atoms with Gasteiger partial charge in [-0.25, -0.2) is 0 Å². The fourth-order valence-corrected chi connectivity index (χ4v) is 3.90. The van der Waals surface area contributed by atoms with Crippen molar-refractivity contribution in [2.24, 2.45) is 7.05 Å². The summed E-state index contributed by atoms with van der Waals surface area (Å²) in [5, 5.41) is 0.681. The molecule has 0 unspecified atom stereocenters. The van der Waals surface area contributed by atoms with Crippen LogP contribution in [0.15, 0.2) is 41.2 Å². The number of ether oxygens (including phenoxy) is 4. The van der Waals surface area contributed by atoms with E-state index < -0.39 is 23.8 Å². The second-order valence-corrected chi connectivity index (χ2v) is 7.57. The minimum Gasteiger partial charge on any atom is -0.346 e. The van der Waals surface area contributed by atoms with Crippen molar-refractivity contribution in [1.82, 2.24) is 4.57 Å². The fraction of sp³-hybridized carbons (Fsp3) is 0.423. The summed E-state index contributed by atoms with van der Waals surface area (Å²) in [6, 6.07) is 10.2. The molecule has 0 saturated heterocycles. The van der Waals surface area contributed by atoms with Crippen LogP contribution in [0.5, 0.6) is 0 Å². The Bertz CT molecular complexity index is 1190. The zero-order chi connectivity index (χ0) is 24.8. The van der Waals surface area contributed by atoms with Gasteiger partial charge in [-0.2, -0.15) is 0 Å². The lowest BCUT2D eigenvalue weighted by Crippen LogP contribution is -2.32. The molecule has 0 radical (unpaired) electrons. The van der Waals surface area contributed by atoms with Gasteiger partial charge in [0, 0.05) is 50.1 Å². The van der Waals surface area contributed by atoms with Crippen molar-refractivity contribution in [3.05, 3.63) is 57.7 Å². The average Bonchev–Trinajstić information content (AvgIpc) is 2.83. The Morgan fingerprint density at radius 3 is 1.91 bits per heavy atom. The van der Waals surface area contributed by atoms with Gasteiger partial charge in [-0.05, 0) is 69.5 Å². The highest BCUT2D eigenvalue weighted by molar-refractivity contribution is 6.03. The third-order valence-electron chi connectivity index (χ3n) is 5.47. The Morgan fingerprint density at radius 2 is 1.35 bits per heavy atom. The number of Topliss-reactive ketones (excluding diaryl/α,β-unsaturated/α-hetero) is 2. The highest BCUT2D eigenvalue weighted by Gasteiger charge is 2.26. The number of fused-ring (bicyclic) bond motifs is 2. The maximum Gasteiger partial charge on any atom is 0.222 e. The van der Waals surface area contributed by atoms with E-state index in [1.165, 1.54) is 6.07 Å². The summed E-state index contributed by atoms with van der Waals surface area (Å²) < 4.78 is 23.5. The summed E-state index contributed by atoms with van der Waals surface area (Å²) in [6.45, 7) is 8.33. The van der Waals surface area contributed by atoms with Gasteiger partial charge < -0.3 is 23.5 Å². The Hall–Kier alpha value is -2.91. The highest BCUT2D eigenvalue weighted by atomic mass is 16.7. The van der Waals surface area contributed by atoms with E-state index in [0.29, 0.717) is 35.4 Å².